The van der Waals surface area contributed by atoms with Crippen molar-refractivity contribution >= 4 is 0 Å². The van der Waals surface area contributed by atoms with Gasteiger partial charge in [0.15, 0.2) is 0 Å². The summed E-state index contributed by atoms with van der Waals surface area (Å²) in [5.41, 5.74) is 2.83. The molecule has 0 aliphatic rings. The van der Waals surface area contributed by atoms with Crippen molar-refractivity contribution in [3.05, 3.63) is 47.5 Å². The molecule has 0 bridgehead atoms. The minimum Gasteiger partial charge on any atom is -0.0917 e. The zero-order valence-electron chi connectivity index (χ0n) is 10.00. The zero-order chi connectivity index (χ0) is 10.9. The van der Waals surface area contributed by atoms with Gasteiger partial charge in [0, 0.05) is 0 Å². The van der Waals surface area contributed by atoms with E-state index in [0.29, 0.717) is 0 Å². The molecule has 0 spiro atoms. The maximum Gasteiger partial charge on any atom is -0.0279 e. The van der Waals surface area contributed by atoms with Crippen molar-refractivity contribution < 1.29 is 0 Å². The molecule has 0 N–H and O–H groups in total. The first-order valence-electron chi connectivity index (χ1n) is 5.99. The zero-order valence-corrected chi connectivity index (χ0v) is 10.00. The van der Waals surface area contributed by atoms with E-state index in [1.54, 1.807) is 0 Å². The quantitative estimate of drug-likeness (QED) is 0.464. The van der Waals surface area contributed by atoms with Gasteiger partial charge in [-0.05, 0) is 45.1 Å². The second kappa shape index (κ2) is 7.28. The topological polar surface area (TPSA) is 0 Å². The van der Waals surface area contributed by atoms with Crippen LogP contribution in [0.3, 0.4) is 0 Å². The van der Waals surface area contributed by atoms with Crippen LogP contribution in [0.4, 0.5) is 0 Å². The molecule has 0 aliphatic carbocycles. The first kappa shape index (κ1) is 12.0. The molecule has 0 unspecified atom stereocenters. The fraction of sp³-hybridized carbons (Fsp3) is 0.467. The molecule has 0 heterocycles. The van der Waals surface area contributed by atoms with E-state index >= 15 is 0 Å². The van der Waals surface area contributed by atoms with Crippen molar-refractivity contribution in [2.75, 3.05) is 0 Å². The van der Waals surface area contributed by atoms with Gasteiger partial charge in [0.05, 0.1) is 0 Å². The first-order valence-corrected chi connectivity index (χ1v) is 5.99. The average Bonchev–Trinajstić information content (AvgIpc) is 2.26. The van der Waals surface area contributed by atoms with Gasteiger partial charge in [-0.25, -0.2) is 0 Å². The molecule has 0 aliphatic heterocycles. The summed E-state index contributed by atoms with van der Waals surface area (Å²) in [6, 6.07) is 8.91. The number of allylic oxidation sites excluding steroid dienone is 2. The highest BCUT2D eigenvalue weighted by Gasteiger charge is 1.92. The lowest BCUT2D eigenvalue weighted by molar-refractivity contribution is 0.686. The van der Waals surface area contributed by atoms with Crippen molar-refractivity contribution in [2.45, 2.75) is 46.0 Å². The van der Waals surface area contributed by atoms with Crippen molar-refractivity contribution in [2.24, 2.45) is 0 Å². The maximum atomic E-state index is 2.26. The van der Waals surface area contributed by atoms with Gasteiger partial charge in [0.25, 0.3) is 0 Å². The molecule has 1 aromatic carbocycles. The molecule has 0 radical (unpaired) electrons. The van der Waals surface area contributed by atoms with Gasteiger partial charge < -0.3 is 0 Å². The van der Waals surface area contributed by atoms with Crippen LogP contribution in [0, 0.1) is 6.92 Å². The summed E-state index contributed by atoms with van der Waals surface area (Å²) in [5, 5.41) is 0. The summed E-state index contributed by atoms with van der Waals surface area (Å²) in [6.45, 7) is 4.23. The van der Waals surface area contributed by atoms with E-state index in [0.717, 1.165) is 0 Å². The Morgan fingerprint density at radius 1 is 1.00 bits per heavy atom. The third kappa shape index (κ3) is 5.41. The maximum absolute atomic E-state index is 2.26. The fourth-order valence-electron chi connectivity index (χ4n) is 1.69. The molecule has 82 valence electrons. The standard InChI is InChI=1S/C15H22/c1-3-4-5-6-7-8-9-15-12-10-14(2)11-13-15/h3-4,10-13H,5-9H2,1-2H3/b4-3+. The Kier molecular flexibility index (Phi) is 5.84. The number of unbranched alkanes of at least 4 members (excludes halogenated alkanes) is 3. The van der Waals surface area contributed by atoms with Crippen molar-refractivity contribution in [3.8, 4) is 0 Å². The van der Waals surface area contributed by atoms with E-state index < -0.39 is 0 Å². The minimum absolute atomic E-state index is 1.23. The molecule has 0 nitrogen and oxygen atoms in total. The van der Waals surface area contributed by atoms with E-state index in [-0.39, 0.29) is 0 Å². The monoisotopic (exact) mass is 202 g/mol. The second-order valence-electron chi connectivity index (χ2n) is 4.15. The van der Waals surface area contributed by atoms with Crippen LogP contribution < -0.4 is 0 Å². The van der Waals surface area contributed by atoms with E-state index in [4.69, 9.17) is 0 Å². The molecule has 0 amide bonds. The Bertz CT molecular complexity index is 279. The summed E-state index contributed by atoms with van der Waals surface area (Å²) >= 11 is 0. The van der Waals surface area contributed by atoms with E-state index in [1.807, 2.05) is 0 Å². The highest BCUT2D eigenvalue weighted by atomic mass is 14.0. The summed E-state index contributed by atoms with van der Waals surface area (Å²) < 4.78 is 0. The van der Waals surface area contributed by atoms with Crippen LogP contribution >= 0.6 is 0 Å². The molecule has 0 atom stereocenters. The third-order valence-corrected chi connectivity index (χ3v) is 2.69. The van der Waals surface area contributed by atoms with Crippen LogP contribution in [0.2, 0.25) is 0 Å². The Morgan fingerprint density at radius 2 is 1.73 bits per heavy atom. The molecular formula is C15H22. The van der Waals surface area contributed by atoms with Gasteiger partial charge in [0.1, 0.15) is 0 Å². The predicted octanol–water partition coefficient (Wildman–Crippen LogP) is 4.67. The van der Waals surface area contributed by atoms with Crippen LogP contribution in [-0.2, 0) is 6.42 Å². The predicted molar refractivity (Wildman–Crippen MR) is 68.2 cm³/mol. The molecule has 0 saturated carbocycles. The van der Waals surface area contributed by atoms with Crippen molar-refractivity contribution in [1.29, 1.82) is 0 Å². The van der Waals surface area contributed by atoms with Gasteiger partial charge >= 0.3 is 0 Å². The Hall–Kier alpha value is -1.04. The Balaban J connectivity index is 2.12. The van der Waals surface area contributed by atoms with Crippen LogP contribution in [-0.4, -0.2) is 0 Å². The SMILES string of the molecule is C/C=C/CCCCCc1ccc(C)cc1. The van der Waals surface area contributed by atoms with E-state index in [9.17, 15) is 0 Å². The molecule has 15 heavy (non-hydrogen) atoms. The highest BCUT2D eigenvalue weighted by molar-refractivity contribution is 5.21. The van der Waals surface area contributed by atoms with E-state index in [1.165, 1.54) is 43.2 Å². The molecule has 0 saturated heterocycles. The van der Waals surface area contributed by atoms with Crippen LogP contribution in [0.5, 0.6) is 0 Å². The molecule has 1 rings (SSSR count). The summed E-state index contributed by atoms with van der Waals surface area (Å²) in [6.07, 6.45) is 10.9. The molecule has 0 heteroatoms. The molecular weight excluding hydrogens is 180 g/mol. The van der Waals surface area contributed by atoms with Crippen molar-refractivity contribution in [3.63, 3.8) is 0 Å². The van der Waals surface area contributed by atoms with Gasteiger partial charge in [-0.2, -0.15) is 0 Å². The lowest BCUT2D eigenvalue weighted by atomic mass is 10.0. The molecule has 1 aromatic rings. The Morgan fingerprint density at radius 3 is 2.40 bits per heavy atom. The average molecular weight is 202 g/mol. The largest absolute Gasteiger partial charge is 0.0917 e. The normalized spacial score (nSPS) is 11.1. The molecule has 0 fully saturated rings. The number of hydrogen-bond donors (Lipinski definition) is 0. The van der Waals surface area contributed by atoms with Gasteiger partial charge in [0.2, 0.25) is 0 Å². The minimum atomic E-state index is 1.23. The number of rotatable bonds is 6. The van der Waals surface area contributed by atoms with Crippen molar-refractivity contribution in [1.82, 2.24) is 0 Å². The smallest absolute Gasteiger partial charge is 0.0279 e. The Labute approximate surface area is 94.0 Å². The lowest BCUT2D eigenvalue weighted by Crippen LogP contribution is -1.85. The lowest BCUT2D eigenvalue weighted by Gasteiger charge is -2.01. The van der Waals surface area contributed by atoms with Crippen LogP contribution in [0.25, 0.3) is 0 Å². The summed E-state index contributed by atoms with van der Waals surface area (Å²) in [4.78, 5) is 0. The van der Waals surface area contributed by atoms with Crippen LogP contribution in [0.15, 0.2) is 36.4 Å². The summed E-state index contributed by atoms with van der Waals surface area (Å²) in [7, 11) is 0. The highest BCUT2D eigenvalue weighted by Crippen LogP contribution is 2.09. The third-order valence-electron chi connectivity index (χ3n) is 2.69. The van der Waals surface area contributed by atoms with Crippen LogP contribution in [0.1, 0.15) is 43.7 Å². The number of hydrogen-bond acceptors (Lipinski definition) is 0. The summed E-state index contributed by atoms with van der Waals surface area (Å²) in [5.74, 6) is 0. The molecule has 0 aromatic heterocycles. The van der Waals surface area contributed by atoms with Gasteiger partial charge in [-0.1, -0.05) is 48.4 Å². The number of benzene rings is 1. The first-order chi connectivity index (χ1) is 7.33. The van der Waals surface area contributed by atoms with Gasteiger partial charge in [-0.3, -0.25) is 0 Å². The van der Waals surface area contributed by atoms with E-state index in [2.05, 4.69) is 50.3 Å². The van der Waals surface area contributed by atoms with Gasteiger partial charge in [-0.15, -0.1) is 0 Å². The second-order valence-corrected chi connectivity index (χ2v) is 4.15. The number of aryl methyl sites for hydroxylation is 2. The fourth-order valence-corrected chi connectivity index (χ4v) is 1.69.